The Bertz CT molecular complexity index is 722. The van der Waals surface area contributed by atoms with E-state index in [1.165, 1.54) is 0 Å². The summed E-state index contributed by atoms with van der Waals surface area (Å²) in [5.74, 6) is -0.614. The Labute approximate surface area is 141 Å². The van der Waals surface area contributed by atoms with Crippen LogP contribution in [0.1, 0.15) is 24.0 Å². The van der Waals surface area contributed by atoms with Crippen LogP contribution in [-0.4, -0.2) is 19.7 Å². The molecule has 0 aliphatic rings. The lowest BCUT2D eigenvalue weighted by atomic mass is 9.99. The summed E-state index contributed by atoms with van der Waals surface area (Å²) in [6.45, 7) is 2.24. The zero-order chi connectivity index (χ0) is 17.4. The number of esters is 1. The summed E-state index contributed by atoms with van der Waals surface area (Å²) >= 11 is 0. The van der Waals surface area contributed by atoms with Crippen molar-refractivity contribution in [3.8, 4) is 17.6 Å². The lowest BCUT2D eigenvalue weighted by Gasteiger charge is -2.16. The molecule has 2 rings (SSSR count). The Morgan fingerprint density at radius 3 is 2.58 bits per heavy atom. The molecule has 5 nitrogen and oxygen atoms in total. The number of ether oxygens (including phenoxy) is 3. The minimum atomic E-state index is -1.04. The van der Waals surface area contributed by atoms with E-state index in [-0.39, 0.29) is 6.61 Å². The van der Waals surface area contributed by atoms with E-state index >= 15 is 0 Å². The molecule has 0 saturated heterocycles. The number of rotatable bonds is 7. The Balaban J connectivity index is 2.30. The van der Waals surface area contributed by atoms with Gasteiger partial charge in [0.05, 0.1) is 19.8 Å². The van der Waals surface area contributed by atoms with Crippen LogP contribution in [0.5, 0.6) is 11.5 Å². The fraction of sp³-hybridized carbons (Fsp3) is 0.263. The van der Waals surface area contributed by atoms with Gasteiger partial charge in [-0.25, -0.2) is 0 Å². The molecule has 5 heteroatoms. The van der Waals surface area contributed by atoms with Crippen molar-refractivity contribution >= 4 is 5.97 Å². The molecule has 1 unspecified atom stereocenters. The van der Waals surface area contributed by atoms with E-state index in [9.17, 15) is 10.1 Å². The summed E-state index contributed by atoms with van der Waals surface area (Å²) in [4.78, 5) is 12.0. The molecule has 0 aliphatic heterocycles. The van der Waals surface area contributed by atoms with Gasteiger partial charge in [-0.2, -0.15) is 5.26 Å². The fourth-order valence-electron chi connectivity index (χ4n) is 2.22. The predicted molar refractivity (Wildman–Crippen MR) is 88.8 cm³/mol. The van der Waals surface area contributed by atoms with Crippen molar-refractivity contribution < 1.29 is 19.0 Å². The third kappa shape index (κ3) is 4.26. The molecule has 0 radical (unpaired) electrons. The quantitative estimate of drug-likeness (QED) is 0.729. The lowest BCUT2D eigenvalue weighted by molar-refractivity contribution is -0.143. The summed E-state index contributed by atoms with van der Waals surface area (Å²) in [5.41, 5.74) is 1.45. The van der Waals surface area contributed by atoms with Gasteiger partial charge in [-0.1, -0.05) is 30.3 Å². The molecule has 24 heavy (non-hydrogen) atoms. The molecule has 1 atom stereocenters. The molecule has 0 saturated carbocycles. The van der Waals surface area contributed by atoms with Gasteiger partial charge < -0.3 is 14.2 Å². The second-order valence-corrected chi connectivity index (χ2v) is 4.99. The fourth-order valence-corrected chi connectivity index (χ4v) is 2.22. The van der Waals surface area contributed by atoms with Gasteiger partial charge in [-0.05, 0) is 24.6 Å². The first-order valence-electron chi connectivity index (χ1n) is 7.60. The van der Waals surface area contributed by atoms with Crippen LogP contribution in [0.3, 0.4) is 0 Å². The molecule has 0 bridgehead atoms. The number of hydrogen-bond donors (Lipinski definition) is 0. The molecule has 0 spiro atoms. The first-order chi connectivity index (χ1) is 11.7. The van der Waals surface area contributed by atoms with Gasteiger partial charge >= 0.3 is 5.97 Å². The normalized spacial score (nSPS) is 11.2. The van der Waals surface area contributed by atoms with Crippen LogP contribution >= 0.6 is 0 Å². The van der Waals surface area contributed by atoms with E-state index in [4.69, 9.17) is 14.2 Å². The monoisotopic (exact) mass is 325 g/mol. The Kier molecular flexibility index (Phi) is 6.21. The minimum Gasteiger partial charge on any atom is -0.497 e. The van der Waals surface area contributed by atoms with Crippen molar-refractivity contribution in [3.63, 3.8) is 0 Å². The van der Waals surface area contributed by atoms with Gasteiger partial charge in [0.25, 0.3) is 0 Å². The van der Waals surface area contributed by atoms with Gasteiger partial charge in [-0.15, -0.1) is 0 Å². The van der Waals surface area contributed by atoms with E-state index in [0.717, 1.165) is 5.56 Å². The van der Waals surface area contributed by atoms with Crippen molar-refractivity contribution in [1.82, 2.24) is 0 Å². The molecule has 0 aromatic heterocycles. The smallest absolute Gasteiger partial charge is 0.328 e. The number of hydrogen-bond acceptors (Lipinski definition) is 5. The molecule has 0 aliphatic carbocycles. The second kappa shape index (κ2) is 8.59. The number of nitriles is 1. The standard InChI is InChI=1S/C19H19NO4/c1-3-23-19(21)17(12-20)16-10-9-15(22-2)11-18(16)24-13-14-7-5-4-6-8-14/h4-11,17H,3,13H2,1-2H3. The molecular weight excluding hydrogens is 306 g/mol. The third-order valence-electron chi connectivity index (χ3n) is 3.42. The number of carbonyl (C=O) groups excluding carboxylic acids is 1. The van der Waals surface area contributed by atoms with Crippen molar-refractivity contribution in [3.05, 3.63) is 59.7 Å². The summed E-state index contributed by atoms with van der Waals surface area (Å²) in [6, 6.07) is 16.6. The average Bonchev–Trinajstić information content (AvgIpc) is 2.62. The van der Waals surface area contributed by atoms with E-state index < -0.39 is 11.9 Å². The van der Waals surface area contributed by atoms with Crippen LogP contribution < -0.4 is 9.47 Å². The largest absolute Gasteiger partial charge is 0.497 e. The molecule has 2 aromatic carbocycles. The maximum absolute atomic E-state index is 12.0. The van der Waals surface area contributed by atoms with E-state index in [1.807, 2.05) is 36.4 Å². The summed E-state index contributed by atoms with van der Waals surface area (Å²) in [5, 5.41) is 9.38. The topological polar surface area (TPSA) is 68.6 Å². The SMILES string of the molecule is CCOC(=O)C(C#N)c1ccc(OC)cc1OCc1ccccc1. The highest BCUT2D eigenvalue weighted by atomic mass is 16.5. The first-order valence-corrected chi connectivity index (χ1v) is 7.60. The highest BCUT2D eigenvalue weighted by Gasteiger charge is 2.25. The van der Waals surface area contributed by atoms with Crippen LogP contribution in [0.15, 0.2) is 48.5 Å². The van der Waals surface area contributed by atoms with Crippen LogP contribution in [0, 0.1) is 11.3 Å². The van der Waals surface area contributed by atoms with Crippen molar-refractivity contribution in [2.45, 2.75) is 19.4 Å². The van der Waals surface area contributed by atoms with Crippen molar-refractivity contribution in [1.29, 1.82) is 5.26 Å². The predicted octanol–water partition coefficient (Wildman–Crippen LogP) is 3.44. The second-order valence-electron chi connectivity index (χ2n) is 4.99. The molecule has 0 heterocycles. The molecule has 2 aromatic rings. The first kappa shape index (κ1) is 17.4. The van der Waals surface area contributed by atoms with Crippen LogP contribution in [0.2, 0.25) is 0 Å². The Morgan fingerprint density at radius 2 is 1.96 bits per heavy atom. The van der Waals surface area contributed by atoms with Gasteiger partial charge in [0.2, 0.25) is 0 Å². The summed E-state index contributed by atoms with van der Waals surface area (Å²) < 4.78 is 16.0. The Hall–Kier alpha value is -3.00. The average molecular weight is 325 g/mol. The number of nitrogens with zero attached hydrogens (tertiary/aromatic N) is 1. The van der Waals surface area contributed by atoms with Gasteiger partial charge in [-0.3, -0.25) is 4.79 Å². The van der Waals surface area contributed by atoms with Gasteiger partial charge in [0.1, 0.15) is 18.1 Å². The van der Waals surface area contributed by atoms with E-state index in [2.05, 4.69) is 0 Å². The van der Waals surface area contributed by atoms with Crippen molar-refractivity contribution in [2.24, 2.45) is 0 Å². The highest BCUT2D eigenvalue weighted by molar-refractivity contribution is 5.82. The maximum Gasteiger partial charge on any atom is 0.328 e. The van der Waals surface area contributed by atoms with Gasteiger partial charge in [0.15, 0.2) is 5.92 Å². The Morgan fingerprint density at radius 1 is 1.21 bits per heavy atom. The molecule has 0 fully saturated rings. The van der Waals surface area contributed by atoms with Crippen LogP contribution in [0.25, 0.3) is 0 Å². The number of methoxy groups -OCH3 is 1. The summed E-state index contributed by atoms with van der Waals surface area (Å²) in [6.07, 6.45) is 0. The van der Waals surface area contributed by atoms with E-state index in [0.29, 0.717) is 23.7 Å². The zero-order valence-electron chi connectivity index (χ0n) is 13.7. The minimum absolute atomic E-state index is 0.216. The number of carbonyl (C=O) groups is 1. The molecule has 0 N–H and O–H groups in total. The zero-order valence-corrected chi connectivity index (χ0v) is 13.7. The van der Waals surface area contributed by atoms with E-state index in [1.54, 1.807) is 32.2 Å². The highest BCUT2D eigenvalue weighted by Crippen LogP contribution is 2.32. The third-order valence-corrected chi connectivity index (χ3v) is 3.42. The lowest BCUT2D eigenvalue weighted by Crippen LogP contribution is -2.15. The number of benzene rings is 2. The summed E-state index contributed by atoms with van der Waals surface area (Å²) in [7, 11) is 1.54. The maximum atomic E-state index is 12.0. The van der Waals surface area contributed by atoms with Crippen LogP contribution in [-0.2, 0) is 16.1 Å². The van der Waals surface area contributed by atoms with Gasteiger partial charge in [0, 0.05) is 11.6 Å². The molecule has 0 amide bonds. The molecular formula is C19H19NO4. The van der Waals surface area contributed by atoms with Crippen LogP contribution in [0.4, 0.5) is 0 Å². The van der Waals surface area contributed by atoms with Crippen molar-refractivity contribution in [2.75, 3.05) is 13.7 Å². The molecule has 124 valence electrons.